The topological polar surface area (TPSA) is 66.8 Å². The van der Waals surface area contributed by atoms with Crippen LogP contribution in [-0.2, 0) is 16.1 Å². The van der Waals surface area contributed by atoms with Crippen LogP contribution in [0.3, 0.4) is 0 Å². The zero-order valence-electron chi connectivity index (χ0n) is 11.1. The van der Waals surface area contributed by atoms with Gasteiger partial charge in [0.05, 0.1) is 6.42 Å². The predicted octanol–water partition coefficient (Wildman–Crippen LogP) is 2.66. The molecule has 116 valence electrons. The van der Waals surface area contributed by atoms with E-state index in [9.17, 15) is 22.8 Å². The summed E-state index contributed by atoms with van der Waals surface area (Å²) in [6.45, 7) is -0.193. The molecule has 0 aliphatic rings. The van der Waals surface area contributed by atoms with Gasteiger partial charge in [-0.3, -0.25) is 9.69 Å². The summed E-state index contributed by atoms with van der Waals surface area (Å²) in [6, 6.07) is 5.98. The van der Waals surface area contributed by atoms with Crippen molar-refractivity contribution in [2.45, 2.75) is 25.2 Å². The average Bonchev–Trinajstić information content (AvgIpc) is 2.41. The fourth-order valence-corrected chi connectivity index (χ4v) is 1.59. The second-order valence-electron chi connectivity index (χ2n) is 4.31. The van der Waals surface area contributed by atoms with E-state index < -0.39 is 30.7 Å². The molecule has 1 aromatic carbocycles. The van der Waals surface area contributed by atoms with Gasteiger partial charge in [0.25, 0.3) is 0 Å². The lowest BCUT2D eigenvalue weighted by Crippen LogP contribution is -2.47. The van der Waals surface area contributed by atoms with Crippen molar-refractivity contribution in [1.82, 2.24) is 4.90 Å². The minimum Gasteiger partial charge on any atom is -0.481 e. The molecule has 0 aromatic heterocycles. The van der Waals surface area contributed by atoms with Crippen LogP contribution in [0.1, 0.15) is 12.0 Å². The van der Waals surface area contributed by atoms with Gasteiger partial charge < -0.3 is 9.84 Å². The smallest absolute Gasteiger partial charge is 0.410 e. The van der Waals surface area contributed by atoms with Gasteiger partial charge in [0, 0.05) is 7.05 Å². The first-order valence-electron chi connectivity index (χ1n) is 5.94. The summed E-state index contributed by atoms with van der Waals surface area (Å²) in [5.74, 6) is -1.65. The molecule has 0 bridgehead atoms. The van der Waals surface area contributed by atoms with Crippen LogP contribution in [0.15, 0.2) is 30.3 Å². The van der Waals surface area contributed by atoms with Gasteiger partial charge in [0.2, 0.25) is 0 Å². The summed E-state index contributed by atoms with van der Waals surface area (Å²) in [5, 5.41) is 8.51. The largest absolute Gasteiger partial charge is 0.481 e. The standard InChI is InChI=1S/C13H14F3NO4/c1-17(10(7-11(18)19)13(14,15)16)12(20)21-8-9-5-3-2-4-6-9/h2-6,10H,7-8H2,1H3,(H,18,19). The van der Waals surface area contributed by atoms with Crippen molar-refractivity contribution in [2.75, 3.05) is 7.05 Å². The van der Waals surface area contributed by atoms with Crippen molar-refractivity contribution in [1.29, 1.82) is 0 Å². The number of benzene rings is 1. The summed E-state index contributed by atoms with van der Waals surface area (Å²) in [6.07, 6.45) is -7.32. The Labute approximate surface area is 118 Å². The number of carboxylic acids is 1. The summed E-state index contributed by atoms with van der Waals surface area (Å²) >= 11 is 0. The number of nitrogens with zero attached hydrogens (tertiary/aromatic N) is 1. The lowest BCUT2D eigenvalue weighted by molar-refractivity contribution is -0.183. The zero-order chi connectivity index (χ0) is 16.0. The van der Waals surface area contributed by atoms with Crippen LogP contribution >= 0.6 is 0 Å². The maximum atomic E-state index is 12.7. The van der Waals surface area contributed by atoms with E-state index >= 15 is 0 Å². The van der Waals surface area contributed by atoms with Gasteiger partial charge in [0.1, 0.15) is 12.6 Å². The van der Waals surface area contributed by atoms with E-state index in [0.717, 1.165) is 7.05 Å². The monoisotopic (exact) mass is 305 g/mol. The maximum Gasteiger partial charge on any atom is 0.410 e. The van der Waals surface area contributed by atoms with Crippen LogP contribution in [0.4, 0.5) is 18.0 Å². The zero-order valence-corrected chi connectivity index (χ0v) is 11.1. The van der Waals surface area contributed by atoms with Gasteiger partial charge in [0.15, 0.2) is 0 Å². The Bertz CT molecular complexity index is 490. The normalized spacial score (nSPS) is 12.6. The number of hydrogen-bond acceptors (Lipinski definition) is 3. The van der Waals surface area contributed by atoms with Gasteiger partial charge in [-0.2, -0.15) is 13.2 Å². The first kappa shape index (κ1) is 16.8. The fraction of sp³-hybridized carbons (Fsp3) is 0.385. The molecule has 21 heavy (non-hydrogen) atoms. The summed E-state index contributed by atoms with van der Waals surface area (Å²) in [4.78, 5) is 22.3. The van der Waals surface area contributed by atoms with Crippen molar-refractivity contribution < 1.29 is 32.6 Å². The van der Waals surface area contributed by atoms with Gasteiger partial charge in [-0.1, -0.05) is 30.3 Å². The average molecular weight is 305 g/mol. The molecule has 1 rings (SSSR count). The molecule has 0 saturated heterocycles. The van der Waals surface area contributed by atoms with Gasteiger partial charge in [-0.05, 0) is 5.56 Å². The molecule has 0 saturated carbocycles. The summed E-state index contributed by atoms with van der Waals surface area (Å²) in [5.41, 5.74) is 0.612. The Kier molecular flexibility index (Phi) is 5.57. The molecule has 0 fully saturated rings. The Balaban J connectivity index is 2.68. The Morgan fingerprint density at radius 2 is 1.86 bits per heavy atom. The van der Waals surface area contributed by atoms with Crippen molar-refractivity contribution in [3.63, 3.8) is 0 Å². The van der Waals surface area contributed by atoms with Crippen molar-refractivity contribution in [2.24, 2.45) is 0 Å². The fourth-order valence-electron chi connectivity index (χ4n) is 1.59. The number of carbonyl (C=O) groups excluding carboxylic acids is 1. The molecular weight excluding hydrogens is 291 g/mol. The molecule has 0 radical (unpaired) electrons. The second-order valence-corrected chi connectivity index (χ2v) is 4.31. The predicted molar refractivity (Wildman–Crippen MR) is 66.5 cm³/mol. The highest BCUT2D eigenvalue weighted by Gasteiger charge is 2.45. The third-order valence-electron chi connectivity index (χ3n) is 2.71. The summed E-state index contributed by atoms with van der Waals surface area (Å²) in [7, 11) is 0.856. The SMILES string of the molecule is CN(C(=O)OCc1ccccc1)C(CC(=O)O)C(F)(F)F. The molecule has 1 N–H and O–H groups in total. The Hall–Kier alpha value is -2.25. The van der Waals surface area contributed by atoms with E-state index in [4.69, 9.17) is 9.84 Å². The van der Waals surface area contributed by atoms with Crippen LogP contribution in [-0.4, -0.2) is 41.3 Å². The van der Waals surface area contributed by atoms with Crippen LogP contribution < -0.4 is 0 Å². The minimum atomic E-state index is -4.85. The molecule has 0 spiro atoms. The number of ether oxygens (including phenoxy) is 1. The van der Waals surface area contributed by atoms with E-state index in [0.29, 0.717) is 5.56 Å². The molecule has 0 heterocycles. The first-order valence-corrected chi connectivity index (χ1v) is 5.94. The molecule has 1 aromatic rings. The van der Waals surface area contributed by atoms with Crippen LogP contribution in [0, 0.1) is 0 Å². The number of rotatable bonds is 5. The highest BCUT2D eigenvalue weighted by molar-refractivity contribution is 5.71. The summed E-state index contributed by atoms with van der Waals surface area (Å²) < 4.78 is 43.0. The molecule has 0 aliphatic heterocycles. The number of hydrogen-bond donors (Lipinski definition) is 1. The Morgan fingerprint density at radius 3 is 2.33 bits per heavy atom. The first-order chi connectivity index (χ1) is 9.71. The highest BCUT2D eigenvalue weighted by atomic mass is 19.4. The molecule has 5 nitrogen and oxygen atoms in total. The minimum absolute atomic E-state index is 0.193. The van der Waals surface area contributed by atoms with Crippen molar-refractivity contribution >= 4 is 12.1 Å². The van der Waals surface area contributed by atoms with E-state index in [1.165, 1.54) is 0 Å². The number of carboxylic acid groups (broad SMARTS) is 1. The van der Waals surface area contributed by atoms with Crippen molar-refractivity contribution in [3.05, 3.63) is 35.9 Å². The van der Waals surface area contributed by atoms with Crippen molar-refractivity contribution in [3.8, 4) is 0 Å². The third-order valence-corrected chi connectivity index (χ3v) is 2.71. The van der Waals surface area contributed by atoms with Gasteiger partial charge in [-0.15, -0.1) is 0 Å². The molecule has 1 atom stereocenters. The van der Waals surface area contributed by atoms with Gasteiger partial charge >= 0.3 is 18.2 Å². The second kappa shape index (κ2) is 6.96. The Morgan fingerprint density at radius 1 is 1.29 bits per heavy atom. The molecule has 1 unspecified atom stereocenters. The van der Waals surface area contributed by atoms with Gasteiger partial charge in [-0.25, -0.2) is 4.79 Å². The van der Waals surface area contributed by atoms with E-state index in [1.54, 1.807) is 30.3 Å². The molecule has 8 heteroatoms. The number of aliphatic carboxylic acids is 1. The number of alkyl halides is 3. The van der Waals surface area contributed by atoms with E-state index in [2.05, 4.69) is 0 Å². The molecule has 0 aliphatic carbocycles. The van der Waals surface area contributed by atoms with E-state index in [1.807, 2.05) is 0 Å². The lowest BCUT2D eigenvalue weighted by atomic mass is 10.2. The lowest BCUT2D eigenvalue weighted by Gasteiger charge is -2.28. The van der Waals surface area contributed by atoms with E-state index in [-0.39, 0.29) is 11.5 Å². The number of halogens is 3. The third kappa shape index (κ3) is 5.33. The van der Waals surface area contributed by atoms with Crippen LogP contribution in [0.5, 0.6) is 0 Å². The van der Waals surface area contributed by atoms with Crippen LogP contribution in [0.25, 0.3) is 0 Å². The number of amides is 1. The maximum absolute atomic E-state index is 12.7. The quantitative estimate of drug-likeness (QED) is 0.908. The molecular formula is C13H14F3NO4. The molecule has 1 amide bonds. The number of carbonyl (C=O) groups is 2. The van der Waals surface area contributed by atoms with Crippen LogP contribution in [0.2, 0.25) is 0 Å². The highest BCUT2D eigenvalue weighted by Crippen LogP contribution is 2.27.